The molecule has 0 bridgehead atoms. The van der Waals surface area contributed by atoms with Crippen LogP contribution in [0.15, 0.2) is 65.8 Å². The summed E-state index contributed by atoms with van der Waals surface area (Å²) < 4.78 is 16.9. The SMILES string of the molecule is COc1ccc(C2=NN3[C@H](C2)c2cc([N+](=O)[O-])ccc2O[C@@H]3c2cccc([N+](=O)[O-])c2)cc1OC. The van der Waals surface area contributed by atoms with Crippen molar-refractivity contribution in [1.29, 1.82) is 0 Å². The van der Waals surface area contributed by atoms with E-state index in [4.69, 9.17) is 19.3 Å². The summed E-state index contributed by atoms with van der Waals surface area (Å²) in [5.74, 6) is 1.59. The lowest BCUT2D eigenvalue weighted by atomic mass is 9.95. The second-order valence-corrected chi connectivity index (χ2v) is 8.02. The summed E-state index contributed by atoms with van der Waals surface area (Å²) in [5.41, 5.74) is 2.56. The summed E-state index contributed by atoms with van der Waals surface area (Å²) in [4.78, 5) is 21.8. The van der Waals surface area contributed by atoms with Gasteiger partial charge in [-0.25, -0.2) is 5.01 Å². The number of benzene rings is 3. The first-order valence-corrected chi connectivity index (χ1v) is 10.7. The van der Waals surface area contributed by atoms with Gasteiger partial charge in [0.1, 0.15) is 5.75 Å². The molecule has 0 saturated heterocycles. The zero-order chi connectivity index (χ0) is 24.7. The summed E-state index contributed by atoms with van der Waals surface area (Å²) in [6, 6.07) is 15.7. The van der Waals surface area contributed by atoms with E-state index in [-0.39, 0.29) is 17.4 Å². The maximum Gasteiger partial charge on any atom is 0.270 e. The molecule has 11 heteroatoms. The fraction of sp³-hybridized carbons (Fsp3) is 0.208. The highest BCUT2D eigenvalue weighted by Crippen LogP contribution is 2.49. The number of hydrogen-bond acceptors (Lipinski definition) is 9. The number of rotatable bonds is 6. The van der Waals surface area contributed by atoms with Crippen LogP contribution in [-0.4, -0.2) is 34.8 Å². The molecule has 0 unspecified atom stereocenters. The molecule has 2 atom stereocenters. The highest BCUT2D eigenvalue weighted by atomic mass is 16.6. The maximum atomic E-state index is 11.4. The van der Waals surface area contributed by atoms with Crippen molar-refractivity contribution in [3.63, 3.8) is 0 Å². The zero-order valence-corrected chi connectivity index (χ0v) is 18.8. The Balaban J connectivity index is 1.61. The fourth-order valence-electron chi connectivity index (χ4n) is 4.39. The van der Waals surface area contributed by atoms with Crippen molar-refractivity contribution in [3.05, 3.63) is 97.6 Å². The van der Waals surface area contributed by atoms with Gasteiger partial charge in [0, 0.05) is 47.4 Å². The van der Waals surface area contributed by atoms with Gasteiger partial charge >= 0.3 is 0 Å². The highest BCUT2D eigenvalue weighted by Gasteiger charge is 2.42. The lowest BCUT2D eigenvalue weighted by Crippen LogP contribution is -2.33. The van der Waals surface area contributed by atoms with Gasteiger partial charge < -0.3 is 14.2 Å². The topological polar surface area (TPSA) is 130 Å². The Morgan fingerprint density at radius 1 is 0.943 bits per heavy atom. The van der Waals surface area contributed by atoms with Gasteiger partial charge in [0.25, 0.3) is 11.4 Å². The smallest absolute Gasteiger partial charge is 0.270 e. The standard InChI is InChI=1S/C24H20N4O7/c1-33-22-8-6-14(11-23(22)34-2)19-13-20-18-12-17(28(31)32)7-9-21(18)35-24(26(20)25-19)15-4-3-5-16(10-15)27(29)30/h3-12,20,24H,13H2,1-2H3/t20-,24-/m1/s1. The van der Waals surface area contributed by atoms with E-state index in [0.29, 0.717) is 40.5 Å². The predicted molar refractivity (Wildman–Crippen MR) is 125 cm³/mol. The number of nitro groups is 2. The van der Waals surface area contributed by atoms with Crippen molar-refractivity contribution in [2.75, 3.05) is 14.2 Å². The molecule has 0 spiro atoms. The van der Waals surface area contributed by atoms with E-state index in [0.717, 1.165) is 5.56 Å². The van der Waals surface area contributed by atoms with Crippen LogP contribution in [0.5, 0.6) is 17.2 Å². The number of nitro benzene ring substituents is 2. The molecule has 2 aliphatic heterocycles. The van der Waals surface area contributed by atoms with Crippen LogP contribution in [-0.2, 0) is 0 Å². The van der Waals surface area contributed by atoms with E-state index in [2.05, 4.69) is 0 Å². The van der Waals surface area contributed by atoms with E-state index in [1.807, 2.05) is 12.1 Å². The molecule has 0 saturated carbocycles. The molecule has 178 valence electrons. The van der Waals surface area contributed by atoms with E-state index in [9.17, 15) is 20.2 Å². The van der Waals surface area contributed by atoms with Gasteiger partial charge in [0.05, 0.1) is 35.8 Å². The molecular formula is C24H20N4O7. The second-order valence-electron chi connectivity index (χ2n) is 8.02. The predicted octanol–water partition coefficient (Wildman–Crippen LogP) is 4.76. The number of nitrogens with zero attached hydrogens (tertiary/aromatic N) is 4. The van der Waals surface area contributed by atoms with Crippen molar-refractivity contribution in [1.82, 2.24) is 5.01 Å². The largest absolute Gasteiger partial charge is 0.493 e. The summed E-state index contributed by atoms with van der Waals surface area (Å²) in [7, 11) is 3.10. The zero-order valence-electron chi connectivity index (χ0n) is 18.8. The molecule has 0 aromatic heterocycles. The Morgan fingerprint density at radius 2 is 1.69 bits per heavy atom. The Kier molecular flexibility index (Phi) is 5.44. The molecule has 3 aromatic rings. The highest BCUT2D eigenvalue weighted by molar-refractivity contribution is 6.02. The number of ether oxygens (including phenoxy) is 3. The van der Waals surface area contributed by atoms with Crippen molar-refractivity contribution < 1.29 is 24.1 Å². The Bertz CT molecular complexity index is 1370. The first kappa shape index (κ1) is 22.1. The van der Waals surface area contributed by atoms with Gasteiger partial charge in [-0.3, -0.25) is 20.2 Å². The molecule has 0 radical (unpaired) electrons. The van der Waals surface area contributed by atoms with Gasteiger partial charge in [-0.15, -0.1) is 0 Å². The number of methoxy groups -OCH3 is 2. The van der Waals surface area contributed by atoms with Crippen LogP contribution in [0.2, 0.25) is 0 Å². The molecule has 5 rings (SSSR count). The van der Waals surface area contributed by atoms with Crippen LogP contribution in [0.3, 0.4) is 0 Å². The quantitative estimate of drug-likeness (QED) is 0.368. The molecule has 2 aliphatic rings. The third-order valence-corrected chi connectivity index (χ3v) is 6.07. The van der Waals surface area contributed by atoms with E-state index in [1.165, 1.54) is 24.3 Å². The lowest BCUT2D eigenvalue weighted by molar-refractivity contribution is -0.385. The summed E-state index contributed by atoms with van der Waals surface area (Å²) in [5, 5.41) is 29.3. The Labute approximate surface area is 199 Å². The normalized spacial score (nSPS) is 18.1. The summed E-state index contributed by atoms with van der Waals surface area (Å²) in [6.45, 7) is 0. The van der Waals surface area contributed by atoms with Gasteiger partial charge in [-0.2, -0.15) is 5.10 Å². The van der Waals surface area contributed by atoms with Crippen LogP contribution in [0.25, 0.3) is 0 Å². The number of hydrogen-bond donors (Lipinski definition) is 0. The van der Waals surface area contributed by atoms with Crippen molar-refractivity contribution >= 4 is 17.1 Å². The van der Waals surface area contributed by atoms with Crippen LogP contribution in [0, 0.1) is 20.2 Å². The first-order valence-electron chi connectivity index (χ1n) is 10.7. The molecule has 11 nitrogen and oxygen atoms in total. The van der Waals surface area contributed by atoms with E-state index < -0.39 is 16.1 Å². The molecule has 35 heavy (non-hydrogen) atoms. The van der Waals surface area contributed by atoms with Gasteiger partial charge in [0.15, 0.2) is 11.5 Å². The van der Waals surface area contributed by atoms with Gasteiger partial charge in [-0.1, -0.05) is 12.1 Å². The van der Waals surface area contributed by atoms with Gasteiger partial charge in [-0.05, 0) is 24.3 Å². The average Bonchev–Trinajstić information content (AvgIpc) is 3.33. The molecule has 0 amide bonds. The summed E-state index contributed by atoms with van der Waals surface area (Å²) >= 11 is 0. The number of fused-ring (bicyclic) bond motifs is 3. The van der Waals surface area contributed by atoms with Crippen LogP contribution in [0.4, 0.5) is 11.4 Å². The van der Waals surface area contributed by atoms with Crippen molar-refractivity contribution in [2.45, 2.75) is 18.7 Å². The Morgan fingerprint density at radius 3 is 2.40 bits per heavy atom. The third-order valence-electron chi connectivity index (χ3n) is 6.07. The van der Waals surface area contributed by atoms with Crippen LogP contribution in [0.1, 0.15) is 35.4 Å². The minimum Gasteiger partial charge on any atom is -0.493 e. The minimum absolute atomic E-state index is 0.0549. The number of non-ortho nitro benzene ring substituents is 2. The minimum atomic E-state index is -0.758. The first-order chi connectivity index (χ1) is 16.9. The monoisotopic (exact) mass is 476 g/mol. The molecular weight excluding hydrogens is 456 g/mol. The third kappa shape index (κ3) is 3.86. The molecule has 0 fully saturated rings. The second kappa shape index (κ2) is 8.60. The average molecular weight is 476 g/mol. The molecule has 0 N–H and O–H groups in total. The van der Waals surface area contributed by atoms with Crippen LogP contribution >= 0.6 is 0 Å². The van der Waals surface area contributed by atoms with Crippen molar-refractivity contribution in [3.8, 4) is 17.2 Å². The van der Waals surface area contributed by atoms with Crippen LogP contribution < -0.4 is 14.2 Å². The maximum absolute atomic E-state index is 11.4. The lowest BCUT2D eigenvalue weighted by Gasteiger charge is -2.38. The van der Waals surface area contributed by atoms with Crippen molar-refractivity contribution in [2.24, 2.45) is 5.10 Å². The molecule has 3 aromatic carbocycles. The summed E-state index contributed by atoms with van der Waals surface area (Å²) in [6.07, 6.45) is -0.315. The van der Waals surface area contributed by atoms with Gasteiger partial charge in [0.2, 0.25) is 6.23 Å². The molecule has 0 aliphatic carbocycles. The molecule has 2 heterocycles. The van der Waals surface area contributed by atoms with E-state index >= 15 is 0 Å². The van der Waals surface area contributed by atoms with E-state index in [1.54, 1.807) is 43.5 Å². The fourth-order valence-corrected chi connectivity index (χ4v) is 4.39. The number of hydrazone groups is 1. The Hall–Kier alpha value is -4.67.